The first-order valence-electron chi connectivity index (χ1n) is 8.95. The van der Waals surface area contributed by atoms with Crippen molar-refractivity contribution in [2.24, 2.45) is 0 Å². The van der Waals surface area contributed by atoms with Crippen LogP contribution in [-0.2, 0) is 20.7 Å². The van der Waals surface area contributed by atoms with Crippen LogP contribution in [0.1, 0.15) is 31.6 Å². The second-order valence-corrected chi connectivity index (χ2v) is 6.57. The number of aryl methyl sites for hydroxylation is 1. The van der Waals surface area contributed by atoms with Crippen LogP contribution in [0.5, 0.6) is 0 Å². The molecule has 2 amide bonds. The van der Waals surface area contributed by atoms with Crippen molar-refractivity contribution in [2.75, 3.05) is 33.4 Å². The Kier molecular flexibility index (Phi) is 5.82. The highest BCUT2D eigenvalue weighted by atomic mass is 16.5. The topological polar surface area (TPSA) is 89.4 Å². The van der Waals surface area contributed by atoms with Crippen molar-refractivity contribution in [1.82, 2.24) is 24.8 Å². The zero-order valence-corrected chi connectivity index (χ0v) is 15.3. The van der Waals surface area contributed by atoms with E-state index in [9.17, 15) is 9.59 Å². The molecule has 26 heavy (non-hydrogen) atoms. The number of nitrogens with zero attached hydrogens (tertiary/aromatic N) is 4. The number of amides is 2. The molecule has 0 spiro atoms. The third-order valence-corrected chi connectivity index (χ3v) is 4.55. The lowest BCUT2D eigenvalue weighted by Gasteiger charge is -2.26. The average molecular weight is 359 g/mol. The minimum Gasteiger partial charge on any atom is -0.383 e. The fraction of sp³-hybridized carbons (Fsp3) is 0.556. The highest BCUT2D eigenvalue weighted by Gasteiger charge is 2.21. The lowest BCUT2D eigenvalue weighted by Crippen LogP contribution is -2.49. The number of aromatic nitrogens is 3. The van der Waals surface area contributed by atoms with Gasteiger partial charge in [-0.1, -0.05) is 0 Å². The van der Waals surface area contributed by atoms with Crippen molar-refractivity contribution >= 4 is 23.0 Å². The molecule has 3 heterocycles. The molecule has 1 fully saturated rings. The molecule has 140 valence electrons. The van der Waals surface area contributed by atoms with Gasteiger partial charge in [-0.3, -0.25) is 9.59 Å². The molecule has 0 saturated carbocycles. The maximum absolute atomic E-state index is 12.3. The largest absolute Gasteiger partial charge is 0.383 e. The number of fused-ring (bicyclic) bond motifs is 1. The summed E-state index contributed by atoms with van der Waals surface area (Å²) >= 11 is 0. The predicted octanol–water partition coefficient (Wildman–Crippen LogP) is 0.920. The van der Waals surface area contributed by atoms with Crippen LogP contribution in [-0.4, -0.2) is 64.6 Å². The van der Waals surface area contributed by atoms with Gasteiger partial charge < -0.3 is 19.5 Å². The third kappa shape index (κ3) is 4.01. The van der Waals surface area contributed by atoms with E-state index >= 15 is 0 Å². The minimum atomic E-state index is -0.0918. The van der Waals surface area contributed by atoms with Gasteiger partial charge in [0.2, 0.25) is 11.8 Å². The summed E-state index contributed by atoms with van der Waals surface area (Å²) in [6.45, 7) is 3.90. The van der Waals surface area contributed by atoms with Gasteiger partial charge in [-0.2, -0.15) is 0 Å². The molecule has 8 nitrogen and oxygen atoms in total. The molecule has 1 aliphatic rings. The monoisotopic (exact) mass is 359 g/mol. The summed E-state index contributed by atoms with van der Waals surface area (Å²) in [5.41, 5.74) is 1.69. The molecule has 0 unspecified atom stereocenters. The van der Waals surface area contributed by atoms with Crippen molar-refractivity contribution < 1.29 is 14.3 Å². The van der Waals surface area contributed by atoms with Crippen LogP contribution in [0.4, 0.5) is 0 Å². The zero-order chi connectivity index (χ0) is 18.5. The Hall–Kier alpha value is -2.48. The summed E-state index contributed by atoms with van der Waals surface area (Å²) in [6, 6.07) is 3.92. The first-order chi connectivity index (χ1) is 12.6. The van der Waals surface area contributed by atoms with Crippen LogP contribution < -0.4 is 5.32 Å². The average Bonchev–Trinajstić information content (AvgIpc) is 3.00. The van der Waals surface area contributed by atoms with E-state index in [4.69, 9.17) is 9.72 Å². The number of rotatable bonds is 7. The standard InChI is InChI=1S/C18H25N5O3/c1-13(12-26-2)23-15(21-14-5-4-8-20-18(14)23)6-3-7-17(25)22-10-9-19-16(24)11-22/h4-5,8,13H,3,6-7,9-12H2,1-2H3,(H,19,24)/t13-/m0/s1. The van der Waals surface area contributed by atoms with Crippen LogP contribution in [0.15, 0.2) is 18.3 Å². The molecule has 1 atom stereocenters. The number of piperazine rings is 1. The second-order valence-electron chi connectivity index (χ2n) is 6.57. The molecule has 1 N–H and O–H groups in total. The molecular weight excluding hydrogens is 334 g/mol. The van der Waals surface area contributed by atoms with Gasteiger partial charge in [-0.05, 0) is 25.5 Å². The number of methoxy groups -OCH3 is 1. The Morgan fingerprint density at radius 1 is 1.46 bits per heavy atom. The minimum absolute atomic E-state index is 0.0191. The van der Waals surface area contributed by atoms with Gasteiger partial charge in [0.25, 0.3) is 0 Å². The van der Waals surface area contributed by atoms with Crippen LogP contribution in [0.3, 0.4) is 0 Å². The number of imidazole rings is 1. The first-order valence-corrected chi connectivity index (χ1v) is 8.95. The van der Waals surface area contributed by atoms with Crippen molar-refractivity contribution in [1.29, 1.82) is 0 Å². The zero-order valence-electron chi connectivity index (χ0n) is 15.3. The fourth-order valence-electron chi connectivity index (χ4n) is 3.34. The van der Waals surface area contributed by atoms with Gasteiger partial charge in [-0.25, -0.2) is 9.97 Å². The molecule has 2 aromatic heterocycles. The number of hydrogen-bond acceptors (Lipinski definition) is 5. The first kappa shape index (κ1) is 18.3. The molecule has 3 rings (SSSR count). The summed E-state index contributed by atoms with van der Waals surface area (Å²) in [5, 5.41) is 2.73. The van der Waals surface area contributed by atoms with Gasteiger partial charge in [0.15, 0.2) is 5.65 Å². The van der Waals surface area contributed by atoms with Gasteiger partial charge in [-0.15, -0.1) is 0 Å². The molecule has 1 saturated heterocycles. The maximum Gasteiger partial charge on any atom is 0.239 e. The van der Waals surface area contributed by atoms with Crippen LogP contribution in [0.25, 0.3) is 11.2 Å². The van der Waals surface area contributed by atoms with Gasteiger partial charge in [0, 0.05) is 39.2 Å². The van der Waals surface area contributed by atoms with E-state index in [1.54, 1.807) is 18.2 Å². The fourth-order valence-corrected chi connectivity index (χ4v) is 3.34. The second kappa shape index (κ2) is 8.27. The Morgan fingerprint density at radius 2 is 2.31 bits per heavy atom. The predicted molar refractivity (Wildman–Crippen MR) is 96.6 cm³/mol. The van der Waals surface area contributed by atoms with Gasteiger partial charge in [0.05, 0.1) is 19.2 Å². The number of ether oxygens (including phenoxy) is 1. The van der Waals surface area contributed by atoms with Crippen LogP contribution in [0.2, 0.25) is 0 Å². The maximum atomic E-state index is 12.3. The molecule has 0 radical (unpaired) electrons. The molecule has 2 aromatic rings. The summed E-state index contributed by atoms with van der Waals surface area (Å²) in [7, 11) is 1.68. The smallest absolute Gasteiger partial charge is 0.239 e. The van der Waals surface area contributed by atoms with E-state index in [0.29, 0.717) is 39.0 Å². The van der Waals surface area contributed by atoms with Crippen molar-refractivity contribution in [3.05, 3.63) is 24.2 Å². The lowest BCUT2D eigenvalue weighted by atomic mass is 10.2. The number of nitrogens with one attached hydrogen (secondary N) is 1. The number of carbonyl (C=O) groups is 2. The summed E-state index contributed by atoms with van der Waals surface area (Å²) < 4.78 is 7.38. The quantitative estimate of drug-likeness (QED) is 0.794. The molecule has 1 aliphatic heterocycles. The van der Waals surface area contributed by atoms with Crippen LogP contribution >= 0.6 is 0 Å². The van der Waals surface area contributed by atoms with E-state index in [1.165, 1.54) is 0 Å². The summed E-state index contributed by atoms with van der Waals surface area (Å²) in [4.78, 5) is 34.5. The Labute approximate surface area is 152 Å². The van der Waals surface area contributed by atoms with Gasteiger partial charge in [0.1, 0.15) is 11.3 Å². The normalized spacial score (nSPS) is 15.9. The van der Waals surface area contributed by atoms with Crippen molar-refractivity contribution in [3.8, 4) is 0 Å². The SMILES string of the molecule is COC[C@H](C)n1c(CCCC(=O)N2CCNC(=O)C2)nc2cccnc21. The Morgan fingerprint density at radius 3 is 3.08 bits per heavy atom. The third-order valence-electron chi connectivity index (χ3n) is 4.55. The highest BCUT2D eigenvalue weighted by Crippen LogP contribution is 2.21. The molecule has 0 bridgehead atoms. The van der Waals surface area contributed by atoms with Crippen molar-refractivity contribution in [2.45, 2.75) is 32.2 Å². The van der Waals surface area contributed by atoms with E-state index < -0.39 is 0 Å². The lowest BCUT2D eigenvalue weighted by molar-refractivity contribution is -0.138. The Balaban J connectivity index is 1.67. The highest BCUT2D eigenvalue weighted by molar-refractivity contribution is 5.85. The van der Waals surface area contributed by atoms with Gasteiger partial charge >= 0.3 is 0 Å². The molecule has 0 aromatic carbocycles. The summed E-state index contributed by atoms with van der Waals surface area (Å²) in [6.07, 6.45) is 3.52. The van der Waals surface area contributed by atoms with Crippen LogP contribution in [0, 0.1) is 0 Å². The van der Waals surface area contributed by atoms with E-state index in [1.807, 2.05) is 12.1 Å². The summed E-state index contributed by atoms with van der Waals surface area (Å²) in [5.74, 6) is 0.837. The molecular formula is C18H25N5O3. The van der Waals surface area contributed by atoms with Crippen molar-refractivity contribution in [3.63, 3.8) is 0 Å². The number of pyridine rings is 1. The number of hydrogen-bond donors (Lipinski definition) is 1. The molecule has 0 aliphatic carbocycles. The van der Waals surface area contributed by atoms with E-state index in [0.717, 1.165) is 17.0 Å². The molecule has 8 heteroatoms. The number of carbonyl (C=O) groups excluding carboxylic acids is 2. The van der Waals surface area contributed by atoms with E-state index in [-0.39, 0.29) is 24.4 Å². The van der Waals surface area contributed by atoms with E-state index in [2.05, 4.69) is 21.8 Å². The Bertz CT molecular complexity index is 788.